The molecule has 0 amide bonds. The third-order valence-corrected chi connectivity index (χ3v) is 5.43. The van der Waals surface area contributed by atoms with Crippen LogP contribution < -0.4 is 5.32 Å². The van der Waals surface area contributed by atoms with Crippen LogP contribution in [0.15, 0.2) is 0 Å². The van der Waals surface area contributed by atoms with E-state index in [1.165, 1.54) is 0 Å². The summed E-state index contributed by atoms with van der Waals surface area (Å²) in [6.07, 6.45) is 1.51. The molecule has 0 bridgehead atoms. The monoisotopic (exact) mass is 263 g/mol. The molecule has 2 heterocycles. The van der Waals surface area contributed by atoms with E-state index in [9.17, 15) is 13.5 Å². The average molecular weight is 263 g/mol. The van der Waals surface area contributed by atoms with Crippen LogP contribution in [0.1, 0.15) is 19.8 Å². The summed E-state index contributed by atoms with van der Waals surface area (Å²) < 4.78 is 28.3. The van der Waals surface area contributed by atoms with Crippen molar-refractivity contribution in [3.8, 4) is 0 Å². The van der Waals surface area contributed by atoms with Crippen LogP contribution in [-0.2, 0) is 14.6 Å². The third kappa shape index (κ3) is 3.19. The van der Waals surface area contributed by atoms with Crippen molar-refractivity contribution in [2.45, 2.75) is 38.0 Å². The van der Waals surface area contributed by atoms with Crippen molar-refractivity contribution in [3.63, 3.8) is 0 Å². The van der Waals surface area contributed by atoms with Gasteiger partial charge >= 0.3 is 0 Å². The van der Waals surface area contributed by atoms with Crippen molar-refractivity contribution in [2.75, 3.05) is 24.7 Å². The molecular formula is C11H21NO4S. The fourth-order valence-electron chi connectivity index (χ4n) is 2.70. The molecule has 4 atom stereocenters. The van der Waals surface area contributed by atoms with E-state index in [1.54, 1.807) is 0 Å². The van der Waals surface area contributed by atoms with Crippen molar-refractivity contribution in [1.29, 1.82) is 0 Å². The molecular weight excluding hydrogens is 242 g/mol. The first-order valence-corrected chi connectivity index (χ1v) is 8.07. The van der Waals surface area contributed by atoms with Crippen LogP contribution in [-0.4, -0.2) is 56.4 Å². The first kappa shape index (κ1) is 13.3. The number of aliphatic hydroxyl groups excluding tert-OH is 1. The molecule has 17 heavy (non-hydrogen) atoms. The number of ether oxygens (including phenoxy) is 1. The first-order chi connectivity index (χ1) is 8.02. The molecule has 0 spiro atoms. The lowest BCUT2D eigenvalue weighted by Crippen LogP contribution is -2.42. The summed E-state index contributed by atoms with van der Waals surface area (Å²) in [5.41, 5.74) is 0. The van der Waals surface area contributed by atoms with E-state index in [1.807, 2.05) is 0 Å². The number of hydrogen-bond donors (Lipinski definition) is 2. The van der Waals surface area contributed by atoms with Crippen LogP contribution in [0.5, 0.6) is 0 Å². The summed E-state index contributed by atoms with van der Waals surface area (Å²) in [6.45, 7) is 3.62. The Morgan fingerprint density at radius 3 is 2.76 bits per heavy atom. The van der Waals surface area contributed by atoms with E-state index in [2.05, 4.69) is 12.2 Å². The molecule has 2 rings (SSSR count). The Morgan fingerprint density at radius 1 is 1.41 bits per heavy atom. The molecule has 0 aliphatic carbocycles. The molecule has 0 aromatic heterocycles. The molecule has 0 aromatic rings. The maximum absolute atomic E-state index is 11.3. The molecule has 0 saturated carbocycles. The number of hydrogen-bond acceptors (Lipinski definition) is 5. The highest BCUT2D eigenvalue weighted by atomic mass is 32.2. The van der Waals surface area contributed by atoms with Gasteiger partial charge < -0.3 is 15.2 Å². The van der Waals surface area contributed by atoms with Gasteiger partial charge in [-0.25, -0.2) is 8.42 Å². The number of rotatable bonds is 4. The maximum Gasteiger partial charge on any atom is 0.154 e. The molecule has 2 N–H and O–H groups in total. The van der Waals surface area contributed by atoms with Crippen molar-refractivity contribution in [2.24, 2.45) is 5.92 Å². The SMILES string of the molecule is CCC1OCCC1CNC1CS(=O)(=O)CC1O. The third-order valence-electron chi connectivity index (χ3n) is 3.71. The van der Waals surface area contributed by atoms with Crippen LogP contribution in [0.3, 0.4) is 0 Å². The Hall–Kier alpha value is -0.170. The first-order valence-electron chi connectivity index (χ1n) is 6.25. The topological polar surface area (TPSA) is 75.6 Å². The lowest BCUT2D eigenvalue weighted by Gasteiger charge is -2.21. The predicted molar refractivity (Wildman–Crippen MR) is 64.6 cm³/mol. The summed E-state index contributed by atoms with van der Waals surface area (Å²) in [7, 11) is -3.05. The van der Waals surface area contributed by atoms with Crippen LogP contribution in [0.2, 0.25) is 0 Å². The molecule has 100 valence electrons. The van der Waals surface area contributed by atoms with Gasteiger partial charge in [0, 0.05) is 19.2 Å². The molecule has 2 saturated heterocycles. The van der Waals surface area contributed by atoms with E-state index in [0.29, 0.717) is 5.92 Å². The van der Waals surface area contributed by atoms with Crippen molar-refractivity contribution in [3.05, 3.63) is 0 Å². The quantitative estimate of drug-likeness (QED) is 0.718. The summed E-state index contributed by atoms with van der Waals surface area (Å²) in [5.74, 6) is 0.386. The highest BCUT2D eigenvalue weighted by Crippen LogP contribution is 2.23. The van der Waals surface area contributed by atoms with Gasteiger partial charge in [-0.15, -0.1) is 0 Å². The fourth-order valence-corrected chi connectivity index (χ4v) is 4.48. The molecule has 6 heteroatoms. The standard InChI is InChI=1S/C11H21NO4S/c1-2-11-8(3-4-16-11)5-12-9-6-17(14,15)7-10(9)13/h8-13H,2-7H2,1H3. The molecule has 0 aromatic carbocycles. The Kier molecular flexibility index (Phi) is 4.07. The Labute approximate surface area is 102 Å². The van der Waals surface area contributed by atoms with E-state index in [0.717, 1.165) is 26.0 Å². The highest BCUT2D eigenvalue weighted by Gasteiger charge is 2.37. The second-order valence-electron chi connectivity index (χ2n) is 5.03. The van der Waals surface area contributed by atoms with Crippen molar-refractivity contribution in [1.82, 2.24) is 5.32 Å². The number of nitrogens with one attached hydrogen (secondary N) is 1. The van der Waals surface area contributed by atoms with E-state index in [-0.39, 0.29) is 23.7 Å². The average Bonchev–Trinajstić information content (AvgIpc) is 2.79. The van der Waals surface area contributed by atoms with Gasteiger partial charge in [-0.1, -0.05) is 6.92 Å². The zero-order chi connectivity index (χ0) is 12.5. The number of aliphatic hydroxyl groups is 1. The summed E-state index contributed by atoms with van der Waals surface area (Å²) in [5, 5.41) is 12.8. The van der Waals surface area contributed by atoms with Gasteiger partial charge in [0.15, 0.2) is 9.84 Å². The molecule has 0 radical (unpaired) electrons. The van der Waals surface area contributed by atoms with E-state index < -0.39 is 15.9 Å². The minimum Gasteiger partial charge on any atom is -0.390 e. The maximum atomic E-state index is 11.3. The largest absolute Gasteiger partial charge is 0.390 e. The highest BCUT2D eigenvalue weighted by molar-refractivity contribution is 7.91. The second kappa shape index (κ2) is 5.22. The fraction of sp³-hybridized carbons (Fsp3) is 1.00. The van der Waals surface area contributed by atoms with Gasteiger partial charge in [0.25, 0.3) is 0 Å². The molecule has 4 unspecified atom stereocenters. The minimum atomic E-state index is -3.05. The summed E-state index contributed by atoms with van der Waals surface area (Å²) in [4.78, 5) is 0. The Bertz CT molecular complexity index is 356. The normalized spacial score (nSPS) is 40.8. The smallest absolute Gasteiger partial charge is 0.154 e. The zero-order valence-electron chi connectivity index (χ0n) is 10.1. The van der Waals surface area contributed by atoms with E-state index >= 15 is 0 Å². The van der Waals surface area contributed by atoms with Crippen molar-refractivity contribution >= 4 is 9.84 Å². The Balaban J connectivity index is 1.82. The number of sulfone groups is 1. The molecule has 5 nitrogen and oxygen atoms in total. The zero-order valence-corrected chi connectivity index (χ0v) is 10.9. The summed E-state index contributed by atoms with van der Waals surface area (Å²) >= 11 is 0. The van der Waals surface area contributed by atoms with Crippen LogP contribution in [0, 0.1) is 5.92 Å². The van der Waals surface area contributed by atoms with Crippen molar-refractivity contribution < 1.29 is 18.3 Å². The molecule has 2 fully saturated rings. The molecule has 2 aliphatic rings. The lowest BCUT2D eigenvalue weighted by atomic mass is 9.99. The van der Waals surface area contributed by atoms with Gasteiger partial charge in [0.2, 0.25) is 0 Å². The van der Waals surface area contributed by atoms with Crippen LogP contribution in [0.4, 0.5) is 0 Å². The second-order valence-corrected chi connectivity index (χ2v) is 7.18. The van der Waals surface area contributed by atoms with Crippen LogP contribution in [0.25, 0.3) is 0 Å². The van der Waals surface area contributed by atoms with Gasteiger partial charge in [0.05, 0.1) is 23.7 Å². The Morgan fingerprint density at radius 2 is 2.18 bits per heavy atom. The van der Waals surface area contributed by atoms with E-state index in [4.69, 9.17) is 4.74 Å². The minimum absolute atomic E-state index is 0.0541. The van der Waals surface area contributed by atoms with Gasteiger partial charge in [-0.05, 0) is 18.8 Å². The predicted octanol–water partition coefficient (Wildman–Crippen LogP) is -0.451. The summed E-state index contributed by atoms with van der Waals surface area (Å²) in [6, 6.07) is -0.307. The van der Waals surface area contributed by atoms with Gasteiger partial charge in [-0.3, -0.25) is 0 Å². The van der Waals surface area contributed by atoms with Gasteiger partial charge in [-0.2, -0.15) is 0 Å². The molecule has 2 aliphatic heterocycles. The lowest BCUT2D eigenvalue weighted by molar-refractivity contribution is 0.0845. The van der Waals surface area contributed by atoms with Crippen LogP contribution >= 0.6 is 0 Å². The van der Waals surface area contributed by atoms with Gasteiger partial charge in [0.1, 0.15) is 0 Å².